The third kappa shape index (κ3) is 2.89. The van der Waals surface area contributed by atoms with E-state index in [1.165, 1.54) is 5.56 Å². The number of hydrogen-bond acceptors (Lipinski definition) is 4. The summed E-state index contributed by atoms with van der Waals surface area (Å²) in [6, 6.07) is 8.10. The van der Waals surface area contributed by atoms with Gasteiger partial charge in [-0.3, -0.25) is 4.79 Å². The molecule has 0 radical (unpaired) electrons. The van der Waals surface area contributed by atoms with Gasteiger partial charge in [0.25, 0.3) is 0 Å². The molecule has 1 aromatic rings. The molecule has 102 valence electrons. The molecule has 0 spiro atoms. The highest BCUT2D eigenvalue weighted by atomic mass is 16.6. The Labute approximate surface area is 113 Å². The van der Waals surface area contributed by atoms with Crippen molar-refractivity contribution in [3.8, 4) is 0 Å². The molecule has 19 heavy (non-hydrogen) atoms. The van der Waals surface area contributed by atoms with Crippen LogP contribution in [0.1, 0.15) is 18.4 Å². The van der Waals surface area contributed by atoms with Crippen molar-refractivity contribution >= 4 is 11.7 Å². The van der Waals surface area contributed by atoms with Gasteiger partial charge < -0.3 is 14.8 Å². The fraction of sp³-hybridized carbons (Fsp3) is 0.533. The van der Waals surface area contributed by atoms with Crippen LogP contribution in [0.3, 0.4) is 0 Å². The molecule has 0 aromatic heterocycles. The van der Waals surface area contributed by atoms with Crippen LogP contribution in [-0.2, 0) is 20.7 Å². The largest absolute Gasteiger partial charge is 0.463 e. The number of esters is 1. The summed E-state index contributed by atoms with van der Waals surface area (Å²) in [6.07, 6.45) is 2.93. The van der Waals surface area contributed by atoms with Crippen molar-refractivity contribution in [3.63, 3.8) is 0 Å². The first-order chi connectivity index (χ1) is 9.33. The maximum Gasteiger partial charge on any atom is 0.311 e. The number of hydrogen-bond donors (Lipinski definition) is 1. The normalized spacial score (nSPS) is 25.5. The number of fused-ring (bicyclic) bond motifs is 1. The number of benzene rings is 1. The zero-order valence-electron chi connectivity index (χ0n) is 10.9. The van der Waals surface area contributed by atoms with E-state index in [0.717, 1.165) is 31.6 Å². The fourth-order valence-corrected chi connectivity index (χ4v) is 2.68. The van der Waals surface area contributed by atoms with Crippen molar-refractivity contribution in [1.29, 1.82) is 0 Å². The van der Waals surface area contributed by atoms with Crippen LogP contribution in [0.2, 0.25) is 0 Å². The third-order valence-electron chi connectivity index (χ3n) is 3.79. The van der Waals surface area contributed by atoms with E-state index in [1.54, 1.807) is 0 Å². The quantitative estimate of drug-likeness (QED) is 0.845. The number of para-hydroxylation sites is 1. The van der Waals surface area contributed by atoms with E-state index >= 15 is 0 Å². The van der Waals surface area contributed by atoms with E-state index in [4.69, 9.17) is 9.47 Å². The number of carbonyl (C=O) groups is 1. The van der Waals surface area contributed by atoms with Crippen LogP contribution in [0, 0.1) is 5.92 Å². The zero-order chi connectivity index (χ0) is 13.1. The van der Waals surface area contributed by atoms with Crippen LogP contribution < -0.4 is 5.32 Å². The highest BCUT2D eigenvalue weighted by Gasteiger charge is 2.26. The van der Waals surface area contributed by atoms with Gasteiger partial charge in [0, 0.05) is 18.8 Å². The summed E-state index contributed by atoms with van der Waals surface area (Å²) in [5, 5.41) is 3.29. The molecular weight excluding hydrogens is 242 g/mol. The Balaban J connectivity index is 1.54. The number of ether oxygens (including phenoxy) is 2. The minimum atomic E-state index is -0.113. The lowest BCUT2D eigenvalue weighted by molar-refractivity contribution is -0.151. The first-order valence-corrected chi connectivity index (χ1v) is 6.93. The van der Waals surface area contributed by atoms with Gasteiger partial charge in [0.05, 0.1) is 12.0 Å². The minimum Gasteiger partial charge on any atom is -0.463 e. The van der Waals surface area contributed by atoms with Crippen LogP contribution in [0.15, 0.2) is 24.3 Å². The Morgan fingerprint density at radius 3 is 3.16 bits per heavy atom. The average Bonchev–Trinajstić information content (AvgIpc) is 2.97. The molecule has 1 saturated heterocycles. The highest BCUT2D eigenvalue weighted by Crippen LogP contribution is 2.25. The summed E-state index contributed by atoms with van der Waals surface area (Å²) in [5.41, 5.74) is 2.32. The van der Waals surface area contributed by atoms with Crippen molar-refractivity contribution in [1.82, 2.24) is 0 Å². The molecule has 0 saturated carbocycles. The number of anilines is 1. The summed E-state index contributed by atoms with van der Waals surface area (Å²) in [6.45, 7) is 1.85. The molecule has 0 aliphatic carbocycles. The molecule has 0 amide bonds. The van der Waals surface area contributed by atoms with E-state index in [1.807, 2.05) is 18.2 Å². The lowest BCUT2D eigenvalue weighted by Crippen LogP contribution is -2.32. The van der Waals surface area contributed by atoms with Gasteiger partial charge >= 0.3 is 5.97 Å². The molecule has 1 aromatic carbocycles. The maximum absolute atomic E-state index is 12.0. The van der Waals surface area contributed by atoms with Crippen LogP contribution >= 0.6 is 0 Å². The predicted molar refractivity (Wildman–Crippen MR) is 72.1 cm³/mol. The monoisotopic (exact) mass is 261 g/mol. The Morgan fingerprint density at radius 1 is 1.42 bits per heavy atom. The smallest absolute Gasteiger partial charge is 0.311 e. The maximum atomic E-state index is 12.0. The third-order valence-corrected chi connectivity index (χ3v) is 3.79. The molecule has 2 aliphatic rings. The molecule has 1 fully saturated rings. The van der Waals surface area contributed by atoms with E-state index in [0.29, 0.717) is 13.2 Å². The molecule has 2 heterocycles. The van der Waals surface area contributed by atoms with Crippen molar-refractivity contribution in [2.24, 2.45) is 5.92 Å². The van der Waals surface area contributed by atoms with E-state index < -0.39 is 0 Å². The highest BCUT2D eigenvalue weighted by molar-refractivity contribution is 5.75. The molecule has 0 bridgehead atoms. The van der Waals surface area contributed by atoms with Crippen molar-refractivity contribution in [2.75, 3.05) is 25.1 Å². The average molecular weight is 261 g/mol. The van der Waals surface area contributed by atoms with Gasteiger partial charge in [-0.05, 0) is 30.9 Å². The minimum absolute atomic E-state index is 0.0868. The van der Waals surface area contributed by atoms with Gasteiger partial charge in [0.1, 0.15) is 6.61 Å². The van der Waals surface area contributed by atoms with E-state index in [9.17, 15) is 4.79 Å². The van der Waals surface area contributed by atoms with Gasteiger partial charge in [-0.1, -0.05) is 18.2 Å². The summed E-state index contributed by atoms with van der Waals surface area (Å²) >= 11 is 0. The van der Waals surface area contributed by atoms with Crippen molar-refractivity contribution in [2.45, 2.75) is 25.4 Å². The second-order valence-electron chi connectivity index (χ2n) is 5.20. The standard InChI is InChI=1S/C15H19NO3/c17-15(19-10-13-5-3-7-18-13)12-8-11-4-1-2-6-14(11)16-9-12/h1-2,4,6,12-13,16H,3,5,7-10H2. The molecule has 4 heteroatoms. The van der Waals surface area contributed by atoms with Gasteiger partial charge in [-0.15, -0.1) is 0 Å². The first-order valence-electron chi connectivity index (χ1n) is 6.93. The van der Waals surface area contributed by atoms with Gasteiger partial charge in [0.15, 0.2) is 0 Å². The second kappa shape index (κ2) is 5.61. The number of carbonyl (C=O) groups excluding carboxylic acids is 1. The molecule has 1 N–H and O–H groups in total. The van der Waals surface area contributed by atoms with Crippen LogP contribution in [-0.4, -0.2) is 31.8 Å². The number of rotatable bonds is 3. The molecular formula is C15H19NO3. The predicted octanol–water partition coefficient (Wildman–Crippen LogP) is 1.99. The fourth-order valence-electron chi connectivity index (χ4n) is 2.68. The Morgan fingerprint density at radius 2 is 2.32 bits per heavy atom. The summed E-state index contributed by atoms with van der Waals surface area (Å²) < 4.78 is 10.8. The molecule has 4 nitrogen and oxygen atoms in total. The number of nitrogens with one attached hydrogen (secondary N) is 1. The zero-order valence-corrected chi connectivity index (χ0v) is 10.9. The molecule has 2 atom stereocenters. The molecule has 3 rings (SSSR count). The van der Waals surface area contributed by atoms with Crippen molar-refractivity contribution in [3.05, 3.63) is 29.8 Å². The molecule has 2 aliphatic heterocycles. The van der Waals surface area contributed by atoms with E-state index in [-0.39, 0.29) is 18.0 Å². The van der Waals surface area contributed by atoms with Crippen LogP contribution in [0.5, 0.6) is 0 Å². The molecule has 2 unspecified atom stereocenters. The van der Waals surface area contributed by atoms with Gasteiger partial charge in [-0.25, -0.2) is 0 Å². The Kier molecular flexibility index (Phi) is 3.69. The van der Waals surface area contributed by atoms with Gasteiger partial charge in [0.2, 0.25) is 0 Å². The van der Waals surface area contributed by atoms with E-state index in [2.05, 4.69) is 11.4 Å². The Bertz CT molecular complexity index is 454. The Hall–Kier alpha value is -1.55. The second-order valence-corrected chi connectivity index (χ2v) is 5.20. The van der Waals surface area contributed by atoms with Crippen LogP contribution in [0.4, 0.5) is 5.69 Å². The SMILES string of the molecule is O=C(OCC1CCCO1)C1CNc2ccccc2C1. The van der Waals surface area contributed by atoms with Gasteiger partial charge in [-0.2, -0.15) is 0 Å². The van der Waals surface area contributed by atoms with Crippen LogP contribution in [0.25, 0.3) is 0 Å². The summed E-state index contributed by atoms with van der Waals surface area (Å²) in [5.74, 6) is -0.200. The summed E-state index contributed by atoms with van der Waals surface area (Å²) in [7, 11) is 0. The lowest BCUT2D eigenvalue weighted by atomic mass is 9.94. The topological polar surface area (TPSA) is 47.6 Å². The lowest BCUT2D eigenvalue weighted by Gasteiger charge is -2.25. The summed E-state index contributed by atoms with van der Waals surface area (Å²) in [4.78, 5) is 12.0. The first kappa shape index (κ1) is 12.5. The van der Waals surface area contributed by atoms with Crippen molar-refractivity contribution < 1.29 is 14.3 Å².